The van der Waals surface area contributed by atoms with E-state index in [0.29, 0.717) is 17.1 Å². The molecular weight excluding hydrogens is 574 g/mol. The lowest BCUT2D eigenvalue weighted by atomic mass is 9.99. The summed E-state index contributed by atoms with van der Waals surface area (Å²) in [6.45, 7) is 0. The Morgan fingerprint density at radius 2 is 1.53 bits per heavy atom. The van der Waals surface area contributed by atoms with Gasteiger partial charge in [-0.2, -0.15) is 0 Å². The van der Waals surface area contributed by atoms with Gasteiger partial charge in [0.25, 0.3) is 5.91 Å². The van der Waals surface area contributed by atoms with Crippen molar-refractivity contribution < 1.29 is 28.2 Å². The van der Waals surface area contributed by atoms with Crippen LogP contribution in [0.2, 0.25) is 5.02 Å². The van der Waals surface area contributed by atoms with Crippen molar-refractivity contribution >= 4 is 34.9 Å². The molecule has 43 heavy (non-hydrogen) atoms. The zero-order chi connectivity index (χ0) is 30.3. The molecular formula is C34H25ClF2N2O4. The number of hydrogen-bond acceptors (Lipinski definition) is 4. The second kappa shape index (κ2) is 13.2. The fraction of sp³-hybridized carbons (Fsp3) is 0.0588. The summed E-state index contributed by atoms with van der Waals surface area (Å²) < 4.78 is 33.1. The molecule has 0 aliphatic heterocycles. The van der Waals surface area contributed by atoms with Crippen molar-refractivity contribution in [2.24, 2.45) is 0 Å². The summed E-state index contributed by atoms with van der Waals surface area (Å²) in [6, 6.07) is 30.7. The Morgan fingerprint density at radius 3 is 2.26 bits per heavy atom. The summed E-state index contributed by atoms with van der Waals surface area (Å²) in [4.78, 5) is 25.4. The molecule has 6 nitrogen and oxygen atoms in total. The van der Waals surface area contributed by atoms with E-state index in [2.05, 4.69) is 10.6 Å². The zero-order valence-corrected chi connectivity index (χ0v) is 23.3. The Kier molecular flexibility index (Phi) is 8.98. The van der Waals surface area contributed by atoms with Crippen LogP contribution in [0.5, 0.6) is 11.5 Å². The predicted molar refractivity (Wildman–Crippen MR) is 162 cm³/mol. The quantitative estimate of drug-likeness (QED) is 0.151. The monoisotopic (exact) mass is 598 g/mol. The number of carbonyl (C=O) groups is 2. The first-order chi connectivity index (χ1) is 20.8. The van der Waals surface area contributed by atoms with E-state index < -0.39 is 29.6 Å². The molecule has 5 aromatic carbocycles. The third kappa shape index (κ3) is 7.36. The lowest BCUT2D eigenvalue weighted by molar-refractivity contribution is -0.139. The summed E-state index contributed by atoms with van der Waals surface area (Å²) in [5, 5.41) is 15.5. The van der Waals surface area contributed by atoms with Gasteiger partial charge in [0.2, 0.25) is 0 Å². The summed E-state index contributed by atoms with van der Waals surface area (Å²) in [5.41, 5.74) is 2.89. The molecule has 1 amide bonds. The van der Waals surface area contributed by atoms with Gasteiger partial charge in [0, 0.05) is 28.8 Å². The largest absolute Gasteiger partial charge is 0.480 e. The lowest BCUT2D eigenvalue weighted by Gasteiger charge is -2.18. The van der Waals surface area contributed by atoms with E-state index in [-0.39, 0.29) is 28.4 Å². The van der Waals surface area contributed by atoms with Crippen LogP contribution in [-0.2, 0) is 11.2 Å². The fourth-order valence-electron chi connectivity index (χ4n) is 4.44. The Morgan fingerprint density at radius 1 is 0.814 bits per heavy atom. The van der Waals surface area contributed by atoms with Crippen molar-refractivity contribution in [1.82, 2.24) is 5.32 Å². The average molecular weight is 599 g/mol. The van der Waals surface area contributed by atoms with Crippen LogP contribution in [0.3, 0.4) is 0 Å². The summed E-state index contributed by atoms with van der Waals surface area (Å²) in [6.07, 6.45) is 0.00994. The first-order valence-corrected chi connectivity index (χ1v) is 13.6. The smallest absolute Gasteiger partial charge is 0.326 e. The van der Waals surface area contributed by atoms with E-state index in [1.165, 1.54) is 24.3 Å². The Hall–Kier alpha value is -5.21. The molecule has 0 unspecified atom stereocenters. The number of hydrogen-bond donors (Lipinski definition) is 3. The molecule has 0 aliphatic rings. The second-order valence-electron chi connectivity index (χ2n) is 9.62. The standard InChI is InChI=1S/C34H25ClF2N2O4/c35-23-14-17-30(38-24-15-16-28(36)29(37)20-24)27(19-23)33(40)39-31(34(41)42)18-21-10-12-22(13-11-21)26-8-4-5-9-32(26)43-25-6-2-1-3-7-25/h1-17,19-20,31,38H,18H2,(H,39,40)(H,41,42)/t31-/m0/s1. The van der Waals surface area contributed by atoms with Gasteiger partial charge in [-0.15, -0.1) is 0 Å². The van der Waals surface area contributed by atoms with E-state index in [1.807, 2.05) is 66.7 Å². The average Bonchev–Trinajstić information content (AvgIpc) is 3.00. The normalized spacial score (nSPS) is 11.4. The van der Waals surface area contributed by atoms with Crippen molar-refractivity contribution in [3.8, 4) is 22.6 Å². The van der Waals surface area contributed by atoms with Crippen molar-refractivity contribution in [3.05, 3.63) is 143 Å². The number of nitrogens with one attached hydrogen (secondary N) is 2. The van der Waals surface area contributed by atoms with Crippen molar-refractivity contribution in [3.63, 3.8) is 0 Å². The third-order valence-electron chi connectivity index (χ3n) is 6.59. The van der Waals surface area contributed by atoms with E-state index in [4.69, 9.17) is 16.3 Å². The number of ether oxygens (including phenoxy) is 1. The second-order valence-corrected chi connectivity index (χ2v) is 10.1. The van der Waals surface area contributed by atoms with Gasteiger partial charge in [-0.25, -0.2) is 13.6 Å². The van der Waals surface area contributed by atoms with Crippen molar-refractivity contribution in [1.29, 1.82) is 0 Å². The maximum atomic E-state index is 13.7. The first-order valence-electron chi connectivity index (χ1n) is 13.2. The topological polar surface area (TPSA) is 87.7 Å². The minimum absolute atomic E-state index is 0.00994. The molecule has 0 bridgehead atoms. The number of halogens is 3. The molecule has 0 saturated carbocycles. The molecule has 5 rings (SSSR count). The summed E-state index contributed by atoms with van der Waals surface area (Å²) in [7, 11) is 0. The van der Waals surface area contributed by atoms with Crippen LogP contribution < -0.4 is 15.4 Å². The lowest BCUT2D eigenvalue weighted by Crippen LogP contribution is -2.42. The Labute approximate surface area is 251 Å². The van der Waals surface area contributed by atoms with Gasteiger partial charge in [0.1, 0.15) is 17.5 Å². The fourth-order valence-corrected chi connectivity index (χ4v) is 4.62. The van der Waals surface area contributed by atoms with Gasteiger partial charge in [-0.1, -0.05) is 72.3 Å². The minimum Gasteiger partial charge on any atom is -0.480 e. The highest BCUT2D eigenvalue weighted by molar-refractivity contribution is 6.31. The van der Waals surface area contributed by atoms with Crippen molar-refractivity contribution in [2.75, 3.05) is 5.32 Å². The first kappa shape index (κ1) is 29.3. The number of aliphatic carboxylic acids is 1. The molecule has 0 aromatic heterocycles. The van der Waals surface area contributed by atoms with Crippen LogP contribution in [0.15, 0.2) is 115 Å². The molecule has 1 atom stereocenters. The number of carboxylic acid groups (broad SMARTS) is 1. The highest BCUT2D eigenvalue weighted by Gasteiger charge is 2.23. The van der Waals surface area contributed by atoms with Gasteiger partial charge in [0.15, 0.2) is 11.6 Å². The number of rotatable bonds is 10. The molecule has 5 aromatic rings. The maximum absolute atomic E-state index is 13.7. The number of anilines is 2. The van der Waals surface area contributed by atoms with Crippen LogP contribution in [0.4, 0.5) is 20.2 Å². The van der Waals surface area contributed by atoms with Gasteiger partial charge >= 0.3 is 5.97 Å². The highest BCUT2D eigenvalue weighted by Crippen LogP contribution is 2.33. The molecule has 0 saturated heterocycles. The van der Waals surface area contributed by atoms with Gasteiger partial charge in [-0.05, 0) is 59.7 Å². The van der Waals surface area contributed by atoms with Crippen LogP contribution in [0.25, 0.3) is 11.1 Å². The van der Waals surface area contributed by atoms with Crippen LogP contribution in [0.1, 0.15) is 15.9 Å². The van der Waals surface area contributed by atoms with Crippen LogP contribution in [0, 0.1) is 11.6 Å². The SMILES string of the molecule is O=C(N[C@@H](Cc1ccc(-c2ccccc2Oc2ccccc2)cc1)C(=O)O)c1cc(Cl)ccc1Nc1ccc(F)c(F)c1. The van der Waals surface area contributed by atoms with Crippen LogP contribution in [-0.4, -0.2) is 23.0 Å². The van der Waals surface area contributed by atoms with E-state index in [9.17, 15) is 23.5 Å². The molecule has 0 fully saturated rings. The minimum atomic E-state index is -1.26. The predicted octanol–water partition coefficient (Wildman–Crippen LogP) is 8.25. The molecule has 0 heterocycles. The Bertz CT molecular complexity index is 1770. The van der Waals surface area contributed by atoms with Gasteiger partial charge in [0.05, 0.1) is 11.3 Å². The number of para-hydroxylation sites is 2. The summed E-state index contributed by atoms with van der Waals surface area (Å²) in [5.74, 6) is -2.63. The number of benzene rings is 5. The van der Waals surface area contributed by atoms with Gasteiger partial charge < -0.3 is 20.5 Å². The summed E-state index contributed by atoms with van der Waals surface area (Å²) >= 11 is 6.12. The molecule has 216 valence electrons. The molecule has 0 radical (unpaired) electrons. The number of amides is 1. The molecule has 0 spiro atoms. The Balaban J connectivity index is 1.32. The molecule has 3 N–H and O–H groups in total. The van der Waals surface area contributed by atoms with E-state index in [1.54, 1.807) is 12.1 Å². The van der Waals surface area contributed by atoms with E-state index >= 15 is 0 Å². The highest BCUT2D eigenvalue weighted by atomic mass is 35.5. The number of carbonyl (C=O) groups excluding carboxylic acids is 1. The molecule has 9 heteroatoms. The van der Waals surface area contributed by atoms with E-state index in [0.717, 1.165) is 23.3 Å². The zero-order valence-electron chi connectivity index (χ0n) is 22.6. The number of carboxylic acids is 1. The van der Waals surface area contributed by atoms with Crippen LogP contribution >= 0.6 is 11.6 Å². The van der Waals surface area contributed by atoms with Gasteiger partial charge in [-0.3, -0.25) is 4.79 Å². The van der Waals surface area contributed by atoms with Crippen molar-refractivity contribution in [2.45, 2.75) is 12.5 Å². The maximum Gasteiger partial charge on any atom is 0.326 e. The third-order valence-corrected chi connectivity index (χ3v) is 6.83. The molecule has 0 aliphatic carbocycles.